The number of benzene rings is 3. The van der Waals surface area contributed by atoms with Crippen molar-refractivity contribution in [2.24, 2.45) is 0 Å². The Balaban J connectivity index is 1.55. The summed E-state index contributed by atoms with van der Waals surface area (Å²) < 4.78 is 21.8. The van der Waals surface area contributed by atoms with Gasteiger partial charge in [-0.3, -0.25) is 0 Å². The Bertz CT molecular complexity index is 850. The van der Waals surface area contributed by atoms with Gasteiger partial charge < -0.3 is 18.9 Å². The third-order valence-corrected chi connectivity index (χ3v) is 4.68. The maximum absolute atomic E-state index is 6.19. The summed E-state index contributed by atoms with van der Waals surface area (Å²) in [5.74, 6) is 2.62. The lowest BCUT2D eigenvalue weighted by Gasteiger charge is -2.11. The van der Waals surface area contributed by atoms with E-state index >= 15 is 0 Å². The number of halogens is 2. The Morgan fingerprint density at radius 1 is 0.607 bits per heavy atom. The van der Waals surface area contributed by atoms with Crippen LogP contribution in [0.3, 0.4) is 0 Å². The Morgan fingerprint density at radius 2 is 1.00 bits per heavy atom. The largest absolute Gasteiger partial charge is 0.497 e. The van der Waals surface area contributed by atoms with Crippen LogP contribution in [-0.4, -0.2) is 14.2 Å². The van der Waals surface area contributed by atoms with Crippen LogP contribution in [0.2, 0.25) is 10.0 Å². The first-order valence-electron chi connectivity index (χ1n) is 8.59. The second-order valence-corrected chi connectivity index (χ2v) is 6.80. The topological polar surface area (TPSA) is 36.9 Å². The molecule has 0 radical (unpaired) electrons. The van der Waals surface area contributed by atoms with Crippen molar-refractivity contribution >= 4 is 23.2 Å². The molecule has 0 heterocycles. The molecule has 3 aromatic carbocycles. The van der Waals surface area contributed by atoms with E-state index < -0.39 is 0 Å². The average molecular weight is 419 g/mol. The molecular weight excluding hydrogens is 399 g/mol. The third-order valence-electron chi connectivity index (χ3n) is 4.09. The zero-order valence-electron chi connectivity index (χ0n) is 15.6. The molecule has 146 valence electrons. The smallest absolute Gasteiger partial charge is 0.138 e. The zero-order chi connectivity index (χ0) is 19.9. The lowest BCUT2D eigenvalue weighted by Crippen LogP contribution is -1.99. The van der Waals surface area contributed by atoms with Crippen LogP contribution in [0, 0.1) is 0 Å². The molecule has 0 atom stereocenters. The second-order valence-electron chi connectivity index (χ2n) is 5.99. The molecule has 0 saturated carbocycles. The fraction of sp³-hybridized carbons (Fsp3) is 0.182. The molecule has 0 aromatic heterocycles. The van der Waals surface area contributed by atoms with Gasteiger partial charge in [0, 0.05) is 12.1 Å². The summed E-state index contributed by atoms with van der Waals surface area (Å²) >= 11 is 12.4. The first-order chi connectivity index (χ1) is 13.6. The highest BCUT2D eigenvalue weighted by Gasteiger charge is 2.06. The van der Waals surface area contributed by atoms with Crippen LogP contribution >= 0.6 is 23.2 Å². The third kappa shape index (κ3) is 5.24. The van der Waals surface area contributed by atoms with E-state index in [0.717, 1.165) is 11.1 Å². The average Bonchev–Trinajstić information content (AvgIpc) is 2.72. The van der Waals surface area contributed by atoms with Gasteiger partial charge in [-0.1, -0.05) is 47.5 Å². The summed E-state index contributed by atoms with van der Waals surface area (Å²) in [6.07, 6.45) is 0. The highest BCUT2D eigenvalue weighted by molar-refractivity contribution is 6.32. The zero-order valence-corrected chi connectivity index (χ0v) is 17.1. The highest BCUT2D eigenvalue weighted by Crippen LogP contribution is 2.30. The first-order valence-corrected chi connectivity index (χ1v) is 9.35. The molecule has 0 saturated heterocycles. The van der Waals surface area contributed by atoms with Gasteiger partial charge in [0.05, 0.1) is 24.3 Å². The standard InChI is InChI=1S/C22H20Cl2O4/c1-25-17-7-9-21(19(23)11-17)27-13-15-3-5-16(6-4-15)14-28-22-10-8-18(26-2)12-20(22)24/h3-12H,13-14H2,1-2H3. The van der Waals surface area contributed by atoms with Crippen LogP contribution in [0.25, 0.3) is 0 Å². The molecule has 4 nitrogen and oxygen atoms in total. The summed E-state index contributed by atoms with van der Waals surface area (Å²) in [6.45, 7) is 0.828. The van der Waals surface area contributed by atoms with Crippen LogP contribution in [0.1, 0.15) is 11.1 Å². The molecule has 28 heavy (non-hydrogen) atoms. The first kappa shape index (κ1) is 20.2. The Morgan fingerprint density at radius 3 is 1.32 bits per heavy atom. The number of methoxy groups -OCH3 is 2. The maximum atomic E-state index is 6.19. The number of hydrogen-bond acceptors (Lipinski definition) is 4. The summed E-state index contributed by atoms with van der Waals surface area (Å²) in [4.78, 5) is 0. The Kier molecular flexibility index (Phi) is 6.90. The summed E-state index contributed by atoms with van der Waals surface area (Å²) in [7, 11) is 3.19. The van der Waals surface area contributed by atoms with E-state index in [1.54, 1.807) is 38.5 Å². The van der Waals surface area contributed by atoms with Crippen molar-refractivity contribution in [1.82, 2.24) is 0 Å². The van der Waals surface area contributed by atoms with Gasteiger partial charge in [0.25, 0.3) is 0 Å². The van der Waals surface area contributed by atoms with Crippen molar-refractivity contribution in [2.75, 3.05) is 14.2 Å². The monoisotopic (exact) mass is 418 g/mol. The molecule has 0 amide bonds. The number of ether oxygens (including phenoxy) is 4. The minimum absolute atomic E-state index is 0.414. The van der Waals surface area contributed by atoms with Crippen molar-refractivity contribution in [3.8, 4) is 23.0 Å². The fourth-order valence-corrected chi connectivity index (χ4v) is 2.96. The predicted molar refractivity (Wildman–Crippen MR) is 111 cm³/mol. The summed E-state index contributed by atoms with van der Waals surface area (Å²) in [6, 6.07) is 18.6. The maximum Gasteiger partial charge on any atom is 0.138 e. The van der Waals surface area contributed by atoms with E-state index in [4.69, 9.17) is 42.1 Å². The molecule has 0 fully saturated rings. The van der Waals surface area contributed by atoms with Crippen molar-refractivity contribution in [3.63, 3.8) is 0 Å². The molecule has 3 aromatic rings. The van der Waals surface area contributed by atoms with Gasteiger partial charge >= 0.3 is 0 Å². The molecule has 0 bridgehead atoms. The predicted octanol–water partition coefficient (Wildman–Crippen LogP) is 6.17. The molecule has 0 aliphatic carbocycles. The number of hydrogen-bond donors (Lipinski definition) is 0. The highest BCUT2D eigenvalue weighted by atomic mass is 35.5. The van der Waals surface area contributed by atoms with E-state index in [1.807, 2.05) is 36.4 Å². The Labute approximate surface area is 174 Å². The molecular formula is C22H20Cl2O4. The second kappa shape index (κ2) is 9.58. The molecule has 0 aliphatic rings. The van der Waals surface area contributed by atoms with Crippen LogP contribution in [-0.2, 0) is 13.2 Å². The molecule has 3 rings (SSSR count). The van der Waals surface area contributed by atoms with Crippen LogP contribution in [0.5, 0.6) is 23.0 Å². The van der Waals surface area contributed by atoms with Crippen molar-refractivity contribution in [2.45, 2.75) is 13.2 Å². The molecule has 0 N–H and O–H groups in total. The van der Waals surface area contributed by atoms with Gasteiger partial charge in [0.2, 0.25) is 0 Å². The molecule has 0 aliphatic heterocycles. The van der Waals surface area contributed by atoms with Crippen LogP contribution in [0.15, 0.2) is 60.7 Å². The van der Waals surface area contributed by atoms with E-state index in [0.29, 0.717) is 46.3 Å². The van der Waals surface area contributed by atoms with Crippen molar-refractivity contribution in [1.29, 1.82) is 0 Å². The normalized spacial score (nSPS) is 10.4. The van der Waals surface area contributed by atoms with Crippen molar-refractivity contribution < 1.29 is 18.9 Å². The summed E-state index contributed by atoms with van der Waals surface area (Å²) in [5, 5.41) is 1.03. The lowest BCUT2D eigenvalue weighted by atomic mass is 10.1. The molecule has 0 spiro atoms. The van der Waals surface area contributed by atoms with Gasteiger partial charge in [-0.15, -0.1) is 0 Å². The van der Waals surface area contributed by atoms with Crippen molar-refractivity contribution in [3.05, 3.63) is 81.8 Å². The number of rotatable bonds is 8. The SMILES string of the molecule is COc1ccc(OCc2ccc(COc3ccc(OC)cc3Cl)cc2)c(Cl)c1. The van der Waals surface area contributed by atoms with E-state index in [-0.39, 0.29) is 0 Å². The molecule has 0 unspecified atom stereocenters. The van der Waals surface area contributed by atoms with Gasteiger partial charge in [-0.2, -0.15) is 0 Å². The van der Waals surface area contributed by atoms with E-state index in [2.05, 4.69) is 0 Å². The fourth-order valence-electron chi connectivity index (χ4n) is 2.51. The van der Waals surface area contributed by atoms with Gasteiger partial charge in [0.1, 0.15) is 36.2 Å². The summed E-state index contributed by atoms with van der Waals surface area (Å²) in [5.41, 5.74) is 2.05. The van der Waals surface area contributed by atoms with Crippen LogP contribution < -0.4 is 18.9 Å². The van der Waals surface area contributed by atoms with E-state index in [9.17, 15) is 0 Å². The minimum Gasteiger partial charge on any atom is -0.497 e. The Hall–Kier alpha value is -2.56. The van der Waals surface area contributed by atoms with Gasteiger partial charge in [-0.05, 0) is 35.4 Å². The quantitative estimate of drug-likeness (QED) is 0.438. The van der Waals surface area contributed by atoms with Crippen LogP contribution in [0.4, 0.5) is 0 Å². The van der Waals surface area contributed by atoms with E-state index in [1.165, 1.54) is 0 Å². The molecule has 6 heteroatoms. The van der Waals surface area contributed by atoms with Gasteiger partial charge in [-0.25, -0.2) is 0 Å². The minimum atomic E-state index is 0.414. The lowest BCUT2D eigenvalue weighted by molar-refractivity contribution is 0.302. The van der Waals surface area contributed by atoms with Gasteiger partial charge in [0.15, 0.2) is 0 Å².